The van der Waals surface area contributed by atoms with Crippen molar-refractivity contribution in [3.05, 3.63) is 52.7 Å². The second-order valence-electron chi connectivity index (χ2n) is 7.03. The minimum Gasteiger partial charge on any atom is -0.355 e. The molecule has 3 aromatic rings. The summed E-state index contributed by atoms with van der Waals surface area (Å²) in [7, 11) is 0. The van der Waals surface area contributed by atoms with Gasteiger partial charge in [-0.05, 0) is 43.2 Å². The van der Waals surface area contributed by atoms with Crippen LogP contribution in [0.25, 0.3) is 10.2 Å². The van der Waals surface area contributed by atoms with E-state index in [2.05, 4.69) is 34.3 Å². The molecular weight excluding hydrogens is 374 g/mol. The molecule has 2 aromatic heterocycles. The van der Waals surface area contributed by atoms with E-state index in [0.29, 0.717) is 12.5 Å². The highest BCUT2D eigenvalue weighted by Gasteiger charge is 2.24. The summed E-state index contributed by atoms with van der Waals surface area (Å²) in [5.74, 6) is 0.347. The maximum absolute atomic E-state index is 12.6. The Morgan fingerprint density at radius 1 is 1.22 bits per heavy atom. The summed E-state index contributed by atoms with van der Waals surface area (Å²) < 4.78 is 0. The lowest BCUT2D eigenvalue weighted by molar-refractivity contribution is -0.120. The van der Waals surface area contributed by atoms with Crippen LogP contribution in [0.3, 0.4) is 0 Å². The summed E-state index contributed by atoms with van der Waals surface area (Å²) in [6.07, 6.45) is 5.08. The fourth-order valence-electron chi connectivity index (χ4n) is 3.51. The number of nitrogens with zero attached hydrogens (tertiary/aromatic N) is 2. The fraction of sp³-hybridized carbons (Fsp3) is 0.381. The second-order valence-corrected chi connectivity index (χ2v) is 9.45. The average Bonchev–Trinajstić information content (AvgIpc) is 3.27. The fourth-order valence-corrected chi connectivity index (χ4v) is 5.77. The minimum absolute atomic E-state index is 0.0569. The Bertz CT molecular complexity index is 955. The summed E-state index contributed by atoms with van der Waals surface area (Å²) in [5, 5.41) is 5.02. The van der Waals surface area contributed by atoms with E-state index in [1.165, 1.54) is 27.8 Å². The monoisotopic (exact) mass is 397 g/mol. The molecule has 27 heavy (non-hydrogen) atoms. The Hall–Kier alpha value is -1.92. The Kier molecular flexibility index (Phi) is 5.45. The summed E-state index contributed by atoms with van der Waals surface area (Å²) >= 11 is 3.33. The minimum atomic E-state index is -0.192. The maximum Gasteiger partial charge on any atom is 0.233 e. The van der Waals surface area contributed by atoms with Gasteiger partial charge in [-0.25, -0.2) is 9.97 Å². The molecule has 0 radical (unpaired) electrons. The number of carbonyl (C=O) groups excluding carboxylic acids is 1. The van der Waals surface area contributed by atoms with Gasteiger partial charge in [-0.15, -0.1) is 11.3 Å². The zero-order chi connectivity index (χ0) is 18.8. The van der Waals surface area contributed by atoms with Gasteiger partial charge in [0.15, 0.2) is 0 Å². The van der Waals surface area contributed by atoms with Crippen LogP contribution < -0.4 is 5.32 Å². The van der Waals surface area contributed by atoms with Crippen molar-refractivity contribution in [2.24, 2.45) is 0 Å². The number of hydrogen-bond donors (Lipinski definition) is 1. The van der Waals surface area contributed by atoms with Crippen LogP contribution in [0.5, 0.6) is 0 Å². The van der Waals surface area contributed by atoms with Crippen LogP contribution in [-0.4, -0.2) is 27.7 Å². The molecule has 0 saturated heterocycles. The van der Waals surface area contributed by atoms with Gasteiger partial charge in [-0.1, -0.05) is 49.0 Å². The lowest BCUT2D eigenvalue weighted by Crippen LogP contribution is -2.33. The first-order valence-corrected chi connectivity index (χ1v) is 11.1. The lowest BCUT2D eigenvalue weighted by atomic mass is 10.0. The topological polar surface area (TPSA) is 54.9 Å². The number of hydrogen-bond acceptors (Lipinski definition) is 5. The number of aryl methyl sites for hydroxylation is 2. The largest absolute Gasteiger partial charge is 0.355 e. The van der Waals surface area contributed by atoms with Gasteiger partial charge in [-0.3, -0.25) is 4.79 Å². The van der Waals surface area contributed by atoms with Crippen molar-refractivity contribution in [2.45, 2.75) is 49.3 Å². The molecule has 2 unspecified atom stereocenters. The zero-order valence-corrected chi connectivity index (χ0v) is 17.2. The van der Waals surface area contributed by atoms with Crippen LogP contribution in [0, 0.1) is 0 Å². The van der Waals surface area contributed by atoms with Crippen molar-refractivity contribution in [1.82, 2.24) is 15.3 Å². The smallest absolute Gasteiger partial charge is 0.233 e. The van der Waals surface area contributed by atoms with E-state index in [-0.39, 0.29) is 11.2 Å². The van der Waals surface area contributed by atoms with E-state index in [1.54, 1.807) is 29.4 Å². The van der Waals surface area contributed by atoms with E-state index < -0.39 is 0 Å². The van der Waals surface area contributed by atoms with Gasteiger partial charge < -0.3 is 5.32 Å². The van der Waals surface area contributed by atoms with E-state index >= 15 is 0 Å². The number of thiophene rings is 1. The molecule has 2 heterocycles. The molecule has 4 rings (SSSR count). The van der Waals surface area contributed by atoms with E-state index in [0.717, 1.165) is 22.7 Å². The third kappa shape index (κ3) is 3.87. The SMILES string of the molecule is CC(Sc1ncnc2sc3c(c12)CCC3)C(=O)NCC(C)c1ccccc1. The predicted octanol–water partition coefficient (Wildman–Crippen LogP) is 4.58. The number of nitrogens with one attached hydrogen (secondary N) is 1. The Morgan fingerprint density at radius 3 is 2.85 bits per heavy atom. The van der Waals surface area contributed by atoms with Crippen molar-refractivity contribution < 1.29 is 4.79 Å². The molecule has 0 aliphatic heterocycles. The summed E-state index contributed by atoms with van der Waals surface area (Å²) in [5.41, 5.74) is 2.65. The normalized spacial score (nSPS) is 15.5. The van der Waals surface area contributed by atoms with Crippen LogP contribution in [0.15, 0.2) is 41.7 Å². The zero-order valence-electron chi connectivity index (χ0n) is 15.6. The third-order valence-corrected chi connectivity index (χ3v) is 7.38. The summed E-state index contributed by atoms with van der Waals surface area (Å²) in [6, 6.07) is 10.3. The molecule has 1 amide bonds. The van der Waals surface area contributed by atoms with Crippen molar-refractivity contribution in [2.75, 3.05) is 6.54 Å². The van der Waals surface area contributed by atoms with E-state index in [4.69, 9.17) is 0 Å². The number of aromatic nitrogens is 2. The van der Waals surface area contributed by atoms with Crippen molar-refractivity contribution in [3.8, 4) is 0 Å². The van der Waals surface area contributed by atoms with Gasteiger partial charge in [0.05, 0.1) is 5.25 Å². The molecule has 2 atom stereocenters. The molecule has 1 aromatic carbocycles. The number of amides is 1. The molecule has 1 N–H and O–H groups in total. The molecule has 0 spiro atoms. The number of fused-ring (bicyclic) bond motifs is 3. The summed E-state index contributed by atoms with van der Waals surface area (Å²) in [6.45, 7) is 4.73. The van der Waals surface area contributed by atoms with Crippen LogP contribution in [0.1, 0.15) is 42.2 Å². The lowest BCUT2D eigenvalue weighted by Gasteiger charge is -2.16. The highest BCUT2D eigenvalue weighted by atomic mass is 32.2. The quantitative estimate of drug-likeness (QED) is 0.489. The molecule has 1 aliphatic carbocycles. The van der Waals surface area contributed by atoms with Crippen LogP contribution >= 0.6 is 23.1 Å². The maximum atomic E-state index is 12.6. The van der Waals surface area contributed by atoms with E-state index in [9.17, 15) is 4.79 Å². The van der Waals surface area contributed by atoms with Gasteiger partial charge in [0, 0.05) is 16.8 Å². The first-order chi connectivity index (χ1) is 13.1. The second kappa shape index (κ2) is 7.98. The highest BCUT2D eigenvalue weighted by Crippen LogP contribution is 2.40. The number of carbonyl (C=O) groups is 1. The molecule has 4 nitrogen and oxygen atoms in total. The van der Waals surface area contributed by atoms with Gasteiger partial charge in [0.2, 0.25) is 5.91 Å². The van der Waals surface area contributed by atoms with Crippen molar-refractivity contribution in [3.63, 3.8) is 0 Å². The average molecular weight is 398 g/mol. The predicted molar refractivity (Wildman–Crippen MR) is 113 cm³/mol. The standard InChI is InChI=1S/C21H23N3OS2/c1-13(15-7-4-3-5-8-15)11-22-19(25)14(2)26-20-18-16-9-6-10-17(16)27-21(18)24-12-23-20/h3-5,7-8,12-14H,6,9-11H2,1-2H3,(H,22,25). The van der Waals surface area contributed by atoms with Gasteiger partial charge >= 0.3 is 0 Å². The Morgan fingerprint density at radius 2 is 2.04 bits per heavy atom. The van der Waals surface area contributed by atoms with Gasteiger partial charge in [0.1, 0.15) is 16.2 Å². The Balaban J connectivity index is 1.42. The number of benzene rings is 1. The van der Waals surface area contributed by atoms with Crippen LogP contribution in [-0.2, 0) is 17.6 Å². The molecule has 6 heteroatoms. The molecule has 0 bridgehead atoms. The molecule has 1 aliphatic rings. The third-order valence-electron chi connectivity index (χ3n) is 5.08. The van der Waals surface area contributed by atoms with Crippen LogP contribution in [0.2, 0.25) is 0 Å². The number of thioether (sulfide) groups is 1. The first kappa shape index (κ1) is 18.4. The summed E-state index contributed by atoms with van der Waals surface area (Å²) in [4.78, 5) is 24.1. The molecular formula is C21H23N3OS2. The van der Waals surface area contributed by atoms with Crippen molar-refractivity contribution in [1.29, 1.82) is 0 Å². The van der Waals surface area contributed by atoms with Crippen LogP contribution in [0.4, 0.5) is 0 Å². The number of rotatable bonds is 6. The molecule has 0 saturated carbocycles. The molecule has 0 fully saturated rings. The Labute approximate surface area is 167 Å². The van der Waals surface area contributed by atoms with Crippen molar-refractivity contribution >= 4 is 39.2 Å². The first-order valence-electron chi connectivity index (χ1n) is 9.38. The van der Waals surface area contributed by atoms with E-state index in [1.807, 2.05) is 25.1 Å². The highest BCUT2D eigenvalue weighted by molar-refractivity contribution is 8.00. The molecule has 140 valence electrons. The van der Waals surface area contributed by atoms with Gasteiger partial charge in [-0.2, -0.15) is 0 Å². The van der Waals surface area contributed by atoms with Gasteiger partial charge in [0.25, 0.3) is 0 Å².